The molecule has 0 aliphatic carbocycles. The summed E-state index contributed by atoms with van der Waals surface area (Å²) in [6.45, 7) is 4.37. The second-order valence-corrected chi connectivity index (χ2v) is 9.65. The Morgan fingerprint density at radius 1 is 1.23 bits per heavy atom. The largest absolute Gasteiger partial charge is 0.469 e. The summed E-state index contributed by atoms with van der Waals surface area (Å²) < 4.78 is 42.9. The maximum Gasteiger partial charge on any atom is 0.305 e. The van der Waals surface area contributed by atoms with E-state index >= 15 is 0 Å². The van der Waals surface area contributed by atoms with Crippen LogP contribution in [0.4, 0.5) is 14.5 Å². The maximum absolute atomic E-state index is 14.6. The minimum Gasteiger partial charge on any atom is -0.469 e. The molecule has 0 radical (unpaired) electrons. The molecule has 0 saturated carbocycles. The van der Waals surface area contributed by atoms with Crippen LogP contribution in [-0.2, 0) is 36.2 Å². The Balaban J connectivity index is 1.59. The molecule has 4 heterocycles. The van der Waals surface area contributed by atoms with Crippen LogP contribution in [0.15, 0.2) is 29.2 Å². The van der Waals surface area contributed by atoms with Crippen LogP contribution in [0.2, 0.25) is 0 Å². The number of aromatic nitrogens is 6. The topological polar surface area (TPSA) is 117 Å². The predicted molar refractivity (Wildman–Crippen MR) is 139 cm³/mol. The van der Waals surface area contributed by atoms with E-state index in [1.807, 2.05) is 13.8 Å². The van der Waals surface area contributed by atoms with Crippen LogP contribution in [0.5, 0.6) is 5.88 Å². The molecule has 0 unspecified atom stereocenters. The fraction of sp³-hybridized carbons (Fsp3) is 0.538. The van der Waals surface area contributed by atoms with Crippen LogP contribution in [0.1, 0.15) is 44.5 Å². The zero-order valence-electron chi connectivity index (χ0n) is 22.6. The second kappa shape index (κ2) is 11.9. The summed E-state index contributed by atoms with van der Waals surface area (Å²) in [6, 6.07) is 4.87. The molecule has 1 aliphatic rings. The van der Waals surface area contributed by atoms with E-state index in [-0.39, 0.29) is 30.8 Å². The molecule has 0 amide bonds. The molecule has 1 aliphatic heterocycles. The lowest BCUT2D eigenvalue weighted by molar-refractivity contribution is -0.142. The van der Waals surface area contributed by atoms with Crippen LogP contribution in [-0.4, -0.2) is 61.8 Å². The highest BCUT2D eigenvalue weighted by atomic mass is 19.3. The average Bonchev–Trinajstić information content (AvgIpc) is 3.27. The van der Waals surface area contributed by atoms with Gasteiger partial charge in [0.25, 0.3) is 11.8 Å². The van der Waals surface area contributed by atoms with Gasteiger partial charge in [-0.25, -0.2) is 18.4 Å². The van der Waals surface area contributed by atoms with Gasteiger partial charge in [-0.2, -0.15) is 0 Å². The van der Waals surface area contributed by atoms with Crippen molar-refractivity contribution in [3.63, 3.8) is 0 Å². The minimum absolute atomic E-state index is 0.0182. The Bertz CT molecular complexity index is 1370. The van der Waals surface area contributed by atoms with Crippen molar-refractivity contribution in [3.05, 3.63) is 46.0 Å². The van der Waals surface area contributed by atoms with Crippen molar-refractivity contribution < 1.29 is 23.0 Å². The van der Waals surface area contributed by atoms with Gasteiger partial charge >= 0.3 is 5.97 Å². The third kappa shape index (κ3) is 6.58. The normalized spacial score (nSPS) is 16.8. The van der Waals surface area contributed by atoms with Crippen molar-refractivity contribution in [2.75, 3.05) is 25.1 Å². The molecule has 3 aromatic heterocycles. The third-order valence-corrected chi connectivity index (χ3v) is 6.61. The number of esters is 1. The van der Waals surface area contributed by atoms with Gasteiger partial charge in [0.1, 0.15) is 18.0 Å². The molecule has 0 spiro atoms. The quantitative estimate of drug-likeness (QED) is 0.354. The number of nitrogens with zero attached hydrogens (tertiary/aromatic N) is 7. The average molecular weight is 546 g/mol. The first-order valence-corrected chi connectivity index (χ1v) is 12.9. The van der Waals surface area contributed by atoms with E-state index in [0.717, 1.165) is 6.42 Å². The van der Waals surface area contributed by atoms with Crippen molar-refractivity contribution in [2.24, 2.45) is 13.0 Å². The molecule has 0 bridgehead atoms. The number of hydrogen-bond donors (Lipinski definition) is 0. The van der Waals surface area contributed by atoms with Crippen molar-refractivity contribution in [1.29, 1.82) is 0 Å². The van der Waals surface area contributed by atoms with E-state index in [4.69, 9.17) is 14.5 Å². The van der Waals surface area contributed by atoms with Gasteiger partial charge in [-0.3, -0.25) is 14.3 Å². The van der Waals surface area contributed by atoms with E-state index in [0.29, 0.717) is 48.0 Å². The van der Waals surface area contributed by atoms with Gasteiger partial charge in [0.05, 0.1) is 37.2 Å². The number of carbonyl (C=O) groups excluding carboxylic acids is 1. The molecule has 0 aromatic carbocycles. The minimum atomic E-state index is -2.95. The number of halogens is 2. The lowest BCUT2D eigenvalue weighted by Crippen LogP contribution is -2.48. The summed E-state index contributed by atoms with van der Waals surface area (Å²) >= 11 is 0. The Morgan fingerprint density at radius 3 is 2.74 bits per heavy atom. The summed E-state index contributed by atoms with van der Waals surface area (Å²) in [5.74, 6) is -4.02. The summed E-state index contributed by atoms with van der Waals surface area (Å²) in [5.41, 5.74) is 2.40. The molecule has 3 aromatic rings. The molecular formula is C26H33F2N7O4. The smallest absolute Gasteiger partial charge is 0.305 e. The molecule has 1 saturated heterocycles. The van der Waals surface area contributed by atoms with Crippen molar-refractivity contribution in [3.8, 4) is 17.3 Å². The van der Waals surface area contributed by atoms with Gasteiger partial charge in [-0.1, -0.05) is 19.1 Å². The molecule has 39 heavy (non-hydrogen) atoms. The molecule has 4 rings (SSSR count). The third-order valence-electron chi connectivity index (χ3n) is 6.61. The fourth-order valence-electron chi connectivity index (χ4n) is 4.77. The molecule has 1 atom stereocenters. The number of pyridine rings is 1. The van der Waals surface area contributed by atoms with Crippen molar-refractivity contribution in [1.82, 2.24) is 29.8 Å². The molecule has 1 fully saturated rings. The lowest BCUT2D eigenvalue weighted by atomic mass is 9.91. The molecular weight excluding hydrogens is 512 g/mol. The predicted octanol–water partition coefficient (Wildman–Crippen LogP) is 3.01. The van der Waals surface area contributed by atoms with E-state index < -0.39 is 24.4 Å². The van der Waals surface area contributed by atoms with E-state index in [1.165, 1.54) is 17.9 Å². The number of aryl methyl sites for hydroxylation is 3. The van der Waals surface area contributed by atoms with Gasteiger partial charge in [-0.15, -0.1) is 10.2 Å². The van der Waals surface area contributed by atoms with Crippen LogP contribution >= 0.6 is 0 Å². The molecule has 11 nitrogen and oxygen atoms in total. The fourth-order valence-corrected chi connectivity index (χ4v) is 4.77. The van der Waals surface area contributed by atoms with E-state index in [9.17, 15) is 18.4 Å². The number of methoxy groups -OCH3 is 1. The Labute approximate surface area is 224 Å². The molecule has 210 valence electrons. The van der Waals surface area contributed by atoms with Gasteiger partial charge < -0.3 is 14.4 Å². The van der Waals surface area contributed by atoms with Gasteiger partial charge in [0.15, 0.2) is 0 Å². The first-order valence-electron chi connectivity index (χ1n) is 12.9. The van der Waals surface area contributed by atoms with Crippen molar-refractivity contribution in [2.45, 2.75) is 58.6 Å². The first kappa shape index (κ1) is 28.1. The van der Waals surface area contributed by atoms with E-state index in [2.05, 4.69) is 15.4 Å². The SMILES string of the molecule is CCCn1ccc(=O)c(OCc2c(-c3ccc(N4C[C@@H](CC(=O)OC)CC(F)(F)C4)c(CC)n3)nnn2C)n1. The Hall–Kier alpha value is -3.90. The Kier molecular flexibility index (Phi) is 8.56. The van der Waals surface area contributed by atoms with Crippen molar-refractivity contribution >= 4 is 11.7 Å². The number of alkyl halides is 2. The van der Waals surface area contributed by atoms with Gasteiger partial charge in [-0.05, 0) is 30.9 Å². The zero-order valence-corrected chi connectivity index (χ0v) is 22.6. The number of hydrogen-bond acceptors (Lipinski definition) is 9. The number of ether oxygens (including phenoxy) is 2. The molecule has 13 heteroatoms. The summed E-state index contributed by atoms with van der Waals surface area (Å²) in [5, 5.41) is 12.6. The molecule has 0 N–H and O–H groups in total. The number of carbonyl (C=O) groups is 1. The van der Waals surface area contributed by atoms with Gasteiger partial charge in [0.2, 0.25) is 5.43 Å². The van der Waals surface area contributed by atoms with Gasteiger partial charge in [0, 0.05) is 38.8 Å². The van der Waals surface area contributed by atoms with Crippen LogP contribution < -0.4 is 15.1 Å². The summed E-state index contributed by atoms with van der Waals surface area (Å²) in [7, 11) is 2.96. The highest BCUT2D eigenvalue weighted by molar-refractivity contribution is 5.70. The lowest BCUT2D eigenvalue weighted by Gasteiger charge is -2.39. The van der Waals surface area contributed by atoms with E-state index in [1.54, 1.807) is 35.0 Å². The van der Waals surface area contributed by atoms with Crippen LogP contribution in [0.25, 0.3) is 11.4 Å². The number of piperidine rings is 1. The summed E-state index contributed by atoms with van der Waals surface area (Å²) in [4.78, 5) is 30.3. The number of rotatable bonds is 10. The highest BCUT2D eigenvalue weighted by Crippen LogP contribution is 2.36. The maximum atomic E-state index is 14.6. The first-order chi connectivity index (χ1) is 18.6. The highest BCUT2D eigenvalue weighted by Gasteiger charge is 2.41. The number of anilines is 1. The van der Waals surface area contributed by atoms with Crippen LogP contribution in [0.3, 0.4) is 0 Å². The summed E-state index contributed by atoms with van der Waals surface area (Å²) in [6.07, 6.45) is 2.52. The Morgan fingerprint density at radius 2 is 2.03 bits per heavy atom. The monoisotopic (exact) mass is 545 g/mol. The standard InChI is InChI=1S/C26H33F2N7O4/c1-5-10-35-11-9-22(36)25(31-35)39-15-21-24(30-32-33(21)3)19-7-8-20(18(6-2)29-19)34-14-17(12-23(37)38-4)13-26(27,28)16-34/h7-9,11,17H,5-6,10,12-16H2,1-4H3/t17-/m0/s1. The van der Waals surface area contributed by atoms with Crippen LogP contribution in [0, 0.1) is 5.92 Å². The second-order valence-electron chi connectivity index (χ2n) is 9.65. The zero-order chi connectivity index (χ0) is 28.2.